The minimum Gasteiger partial charge on any atom is -0.466 e. The maximum Gasteiger partial charge on any atom is 0.343 e. The number of para-hydroxylation sites is 1. The summed E-state index contributed by atoms with van der Waals surface area (Å²) in [6, 6.07) is 10.2. The van der Waals surface area contributed by atoms with Gasteiger partial charge in [0.05, 0.1) is 12.8 Å². The SMILES string of the molecule is COC(=O)COc1cc(-c2ccc(F)nc2)n(-c2ccccc2F)n1. The standard InChI is InChI=1S/C17H13F2N3O3/c1-24-17(23)10-25-16-8-14(11-6-7-15(19)20-9-11)22(21-16)13-5-3-2-4-12(13)18/h2-9H,10H2,1H3. The van der Waals surface area contributed by atoms with Gasteiger partial charge in [0.1, 0.15) is 11.5 Å². The van der Waals surface area contributed by atoms with Gasteiger partial charge in [0.25, 0.3) is 0 Å². The highest BCUT2D eigenvalue weighted by atomic mass is 19.1. The van der Waals surface area contributed by atoms with Gasteiger partial charge in [-0.1, -0.05) is 12.1 Å². The number of methoxy groups -OCH3 is 1. The summed E-state index contributed by atoms with van der Waals surface area (Å²) >= 11 is 0. The lowest BCUT2D eigenvalue weighted by molar-refractivity contribution is -0.143. The fourth-order valence-electron chi connectivity index (χ4n) is 2.16. The van der Waals surface area contributed by atoms with E-state index in [2.05, 4.69) is 14.8 Å². The molecule has 2 heterocycles. The summed E-state index contributed by atoms with van der Waals surface area (Å²) in [5, 5.41) is 4.17. The van der Waals surface area contributed by atoms with E-state index in [9.17, 15) is 13.6 Å². The average molecular weight is 345 g/mol. The summed E-state index contributed by atoms with van der Waals surface area (Å²) in [6.07, 6.45) is 1.30. The van der Waals surface area contributed by atoms with E-state index in [-0.39, 0.29) is 18.2 Å². The first-order chi connectivity index (χ1) is 12.1. The third kappa shape index (κ3) is 3.63. The van der Waals surface area contributed by atoms with Crippen LogP contribution in [0.5, 0.6) is 5.88 Å². The summed E-state index contributed by atoms with van der Waals surface area (Å²) in [5.41, 5.74) is 1.11. The molecule has 0 atom stereocenters. The molecule has 0 N–H and O–H groups in total. The van der Waals surface area contributed by atoms with Crippen LogP contribution in [0.15, 0.2) is 48.7 Å². The van der Waals surface area contributed by atoms with Crippen LogP contribution in [0.25, 0.3) is 16.9 Å². The number of pyridine rings is 1. The smallest absolute Gasteiger partial charge is 0.343 e. The van der Waals surface area contributed by atoms with Crippen LogP contribution in [0, 0.1) is 11.8 Å². The van der Waals surface area contributed by atoms with Crippen molar-refractivity contribution in [3.8, 4) is 22.8 Å². The number of aromatic nitrogens is 3. The molecule has 128 valence electrons. The lowest BCUT2D eigenvalue weighted by Crippen LogP contribution is -2.13. The van der Waals surface area contributed by atoms with E-state index in [1.807, 2.05) is 0 Å². The highest BCUT2D eigenvalue weighted by molar-refractivity contribution is 5.71. The van der Waals surface area contributed by atoms with Crippen LogP contribution >= 0.6 is 0 Å². The third-order valence-corrected chi connectivity index (χ3v) is 3.36. The van der Waals surface area contributed by atoms with Crippen LogP contribution in [-0.4, -0.2) is 34.5 Å². The molecule has 8 heteroatoms. The van der Waals surface area contributed by atoms with E-state index in [0.717, 1.165) is 0 Å². The van der Waals surface area contributed by atoms with Gasteiger partial charge in [-0.3, -0.25) is 0 Å². The maximum absolute atomic E-state index is 14.2. The Hall–Kier alpha value is -3.29. The Kier molecular flexibility index (Phi) is 4.69. The van der Waals surface area contributed by atoms with Crippen LogP contribution in [0.3, 0.4) is 0 Å². The van der Waals surface area contributed by atoms with E-state index >= 15 is 0 Å². The van der Waals surface area contributed by atoms with Gasteiger partial charge in [-0.25, -0.2) is 18.9 Å². The first kappa shape index (κ1) is 16.6. The Morgan fingerprint density at radius 1 is 1.20 bits per heavy atom. The van der Waals surface area contributed by atoms with Crippen molar-refractivity contribution in [3.05, 3.63) is 60.4 Å². The molecule has 0 saturated heterocycles. The normalized spacial score (nSPS) is 10.5. The lowest BCUT2D eigenvalue weighted by Gasteiger charge is -2.07. The number of nitrogens with zero attached hydrogens (tertiary/aromatic N) is 3. The Labute approximate surface area is 141 Å². The van der Waals surface area contributed by atoms with Crippen molar-refractivity contribution < 1.29 is 23.0 Å². The molecule has 0 saturated carbocycles. The molecule has 0 aliphatic rings. The second-order valence-electron chi connectivity index (χ2n) is 4.97. The van der Waals surface area contributed by atoms with Gasteiger partial charge in [0.15, 0.2) is 6.61 Å². The van der Waals surface area contributed by atoms with Gasteiger partial charge >= 0.3 is 5.97 Å². The van der Waals surface area contributed by atoms with Crippen LogP contribution in [-0.2, 0) is 9.53 Å². The number of esters is 1. The summed E-state index contributed by atoms with van der Waals surface area (Å²) in [6.45, 7) is -0.341. The molecule has 0 spiro atoms. The van der Waals surface area contributed by atoms with E-state index in [4.69, 9.17) is 4.74 Å². The Bertz CT molecular complexity index is 894. The van der Waals surface area contributed by atoms with Crippen molar-refractivity contribution in [3.63, 3.8) is 0 Å². The fourth-order valence-corrected chi connectivity index (χ4v) is 2.16. The first-order valence-electron chi connectivity index (χ1n) is 7.25. The number of ether oxygens (including phenoxy) is 2. The molecule has 0 amide bonds. The average Bonchev–Trinajstić information content (AvgIpc) is 3.04. The predicted molar refractivity (Wildman–Crippen MR) is 84.2 cm³/mol. The highest BCUT2D eigenvalue weighted by Gasteiger charge is 2.16. The Morgan fingerprint density at radius 3 is 2.68 bits per heavy atom. The van der Waals surface area contributed by atoms with Crippen LogP contribution in [0.1, 0.15) is 0 Å². The molecule has 0 unspecified atom stereocenters. The number of hydrogen-bond donors (Lipinski definition) is 0. The van der Waals surface area contributed by atoms with E-state index in [1.165, 1.54) is 48.3 Å². The summed E-state index contributed by atoms with van der Waals surface area (Å²) in [7, 11) is 1.24. The minimum absolute atomic E-state index is 0.0907. The number of rotatable bonds is 5. The monoisotopic (exact) mass is 345 g/mol. The van der Waals surface area contributed by atoms with Gasteiger partial charge < -0.3 is 9.47 Å². The molecule has 0 aliphatic carbocycles. The Morgan fingerprint density at radius 2 is 2.00 bits per heavy atom. The van der Waals surface area contributed by atoms with Crippen LogP contribution in [0.4, 0.5) is 8.78 Å². The summed E-state index contributed by atoms with van der Waals surface area (Å²) in [5.74, 6) is -1.62. The fraction of sp³-hybridized carbons (Fsp3) is 0.118. The molecule has 6 nitrogen and oxygen atoms in total. The molecule has 1 aromatic carbocycles. The zero-order valence-corrected chi connectivity index (χ0v) is 13.1. The molecular weight excluding hydrogens is 332 g/mol. The zero-order valence-electron chi connectivity index (χ0n) is 13.1. The number of hydrogen-bond acceptors (Lipinski definition) is 5. The van der Waals surface area contributed by atoms with Crippen molar-refractivity contribution in [2.45, 2.75) is 0 Å². The van der Waals surface area contributed by atoms with Crippen molar-refractivity contribution in [1.82, 2.24) is 14.8 Å². The number of carbonyl (C=O) groups excluding carboxylic acids is 1. The molecule has 3 aromatic rings. The van der Waals surface area contributed by atoms with E-state index < -0.39 is 17.7 Å². The number of benzene rings is 1. The van der Waals surface area contributed by atoms with Gasteiger partial charge in [-0.15, -0.1) is 5.10 Å². The zero-order chi connectivity index (χ0) is 17.8. The molecule has 3 rings (SSSR count). The number of carbonyl (C=O) groups is 1. The maximum atomic E-state index is 14.2. The van der Waals surface area contributed by atoms with Crippen LogP contribution in [0.2, 0.25) is 0 Å². The van der Waals surface area contributed by atoms with Gasteiger partial charge in [0, 0.05) is 17.8 Å². The van der Waals surface area contributed by atoms with E-state index in [1.54, 1.807) is 12.1 Å². The van der Waals surface area contributed by atoms with Crippen LogP contribution < -0.4 is 4.74 Å². The summed E-state index contributed by atoms with van der Waals surface area (Å²) in [4.78, 5) is 14.8. The molecule has 0 radical (unpaired) electrons. The van der Waals surface area contributed by atoms with Crippen molar-refractivity contribution in [1.29, 1.82) is 0 Å². The van der Waals surface area contributed by atoms with Gasteiger partial charge in [-0.05, 0) is 24.3 Å². The molecule has 2 aromatic heterocycles. The second kappa shape index (κ2) is 7.08. The molecule has 25 heavy (non-hydrogen) atoms. The van der Waals surface area contributed by atoms with Gasteiger partial charge in [0.2, 0.25) is 11.8 Å². The van der Waals surface area contributed by atoms with Crippen molar-refractivity contribution >= 4 is 5.97 Å². The second-order valence-corrected chi connectivity index (χ2v) is 4.97. The molecule has 0 fully saturated rings. The third-order valence-electron chi connectivity index (χ3n) is 3.36. The summed E-state index contributed by atoms with van der Waals surface area (Å²) < 4.78 is 38.3. The van der Waals surface area contributed by atoms with E-state index in [0.29, 0.717) is 11.3 Å². The minimum atomic E-state index is -0.636. The molecule has 0 bridgehead atoms. The Balaban J connectivity index is 2.05. The first-order valence-corrected chi connectivity index (χ1v) is 7.25. The van der Waals surface area contributed by atoms with Crippen molar-refractivity contribution in [2.75, 3.05) is 13.7 Å². The predicted octanol–water partition coefficient (Wildman–Crippen LogP) is 2.76. The quantitative estimate of drug-likeness (QED) is 0.525. The molecule has 0 aliphatic heterocycles. The highest BCUT2D eigenvalue weighted by Crippen LogP contribution is 2.27. The number of halogens is 2. The lowest BCUT2D eigenvalue weighted by atomic mass is 10.2. The molecular formula is C17H13F2N3O3. The van der Waals surface area contributed by atoms with Crippen molar-refractivity contribution in [2.24, 2.45) is 0 Å². The largest absolute Gasteiger partial charge is 0.466 e. The topological polar surface area (TPSA) is 66.2 Å². The van der Waals surface area contributed by atoms with Gasteiger partial charge in [-0.2, -0.15) is 4.39 Å².